The van der Waals surface area contributed by atoms with Gasteiger partial charge < -0.3 is 5.32 Å². The molecule has 1 atom stereocenters. The summed E-state index contributed by atoms with van der Waals surface area (Å²) >= 11 is 1.13. The first kappa shape index (κ1) is 16.4. The van der Waals surface area contributed by atoms with Gasteiger partial charge in [-0.25, -0.2) is 4.39 Å². The number of aromatic nitrogens is 4. The molecule has 24 heavy (non-hydrogen) atoms. The van der Waals surface area contributed by atoms with Crippen LogP contribution in [-0.2, 0) is 4.79 Å². The number of nitrogens with zero attached hydrogens (tertiary/aromatic N) is 5. The molecule has 7 nitrogen and oxygen atoms in total. The Balaban J connectivity index is 1.65. The Morgan fingerprint density at radius 3 is 3.04 bits per heavy atom. The lowest BCUT2D eigenvalue weighted by atomic mass is 9.98. The average molecular weight is 346 g/mol. The zero-order chi connectivity index (χ0) is 17.2. The van der Waals surface area contributed by atoms with Crippen LogP contribution in [0.15, 0.2) is 29.4 Å². The Morgan fingerprint density at radius 2 is 2.38 bits per heavy atom. The Morgan fingerprint density at radius 1 is 1.58 bits per heavy atom. The van der Waals surface area contributed by atoms with Crippen molar-refractivity contribution >= 4 is 17.7 Å². The molecule has 0 unspecified atom stereocenters. The van der Waals surface area contributed by atoms with E-state index in [9.17, 15) is 14.4 Å². The second-order valence-electron chi connectivity index (χ2n) is 5.78. The predicted octanol–water partition coefficient (Wildman–Crippen LogP) is 1.70. The monoisotopic (exact) mass is 346 g/mol. The minimum absolute atomic E-state index is 0.0691. The number of rotatable bonds is 6. The number of hydrogen-bond donors (Lipinski definition) is 1. The van der Waals surface area contributed by atoms with Crippen molar-refractivity contribution in [3.05, 3.63) is 30.1 Å². The van der Waals surface area contributed by atoms with Crippen LogP contribution in [0.2, 0.25) is 0 Å². The fraction of sp³-hybridized carbons (Fsp3) is 0.400. The summed E-state index contributed by atoms with van der Waals surface area (Å²) in [6.07, 6.45) is 1.91. The molecule has 1 saturated carbocycles. The van der Waals surface area contributed by atoms with Crippen molar-refractivity contribution in [2.75, 3.05) is 5.75 Å². The van der Waals surface area contributed by atoms with Crippen LogP contribution in [-0.4, -0.2) is 37.4 Å². The van der Waals surface area contributed by atoms with Crippen LogP contribution in [0.25, 0.3) is 5.69 Å². The van der Waals surface area contributed by atoms with Crippen molar-refractivity contribution < 1.29 is 9.18 Å². The molecule has 1 amide bonds. The molecule has 124 valence electrons. The van der Waals surface area contributed by atoms with Crippen LogP contribution in [0.4, 0.5) is 4.39 Å². The van der Waals surface area contributed by atoms with Crippen LogP contribution in [0.3, 0.4) is 0 Å². The number of benzene rings is 1. The van der Waals surface area contributed by atoms with Gasteiger partial charge in [-0.3, -0.25) is 4.79 Å². The Labute approximate surface area is 142 Å². The molecule has 0 saturated heterocycles. The molecule has 1 aliphatic carbocycles. The van der Waals surface area contributed by atoms with Gasteiger partial charge >= 0.3 is 0 Å². The van der Waals surface area contributed by atoms with Gasteiger partial charge in [0.15, 0.2) is 0 Å². The average Bonchev–Trinajstić information content (AvgIpc) is 3.32. The van der Waals surface area contributed by atoms with Gasteiger partial charge in [0.05, 0.1) is 17.5 Å². The lowest BCUT2D eigenvalue weighted by Gasteiger charge is -2.22. The van der Waals surface area contributed by atoms with E-state index >= 15 is 0 Å². The van der Waals surface area contributed by atoms with Gasteiger partial charge in [0, 0.05) is 0 Å². The zero-order valence-corrected chi connectivity index (χ0v) is 13.8. The van der Waals surface area contributed by atoms with Crippen molar-refractivity contribution in [3.8, 4) is 11.8 Å². The number of amides is 1. The summed E-state index contributed by atoms with van der Waals surface area (Å²) in [6.45, 7) is 1.74. The molecule has 0 spiro atoms. The number of hydrogen-bond acceptors (Lipinski definition) is 6. The minimum Gasteiger partial charge on any atom is -0.337 e. The molecule has 1 aliphatic rings. The first-order chi connectivity index (χ1) is 11.5. The number of nitrogens with one attached hydrogen (secondary N) is 1. The highest BCUT2D eigenvalue weighted by atomic mass is 32.2. The van der Waals surface area contributed by atoms with E-state index in [1.54, 1.807) is 19.1 Å². The largest absolute Gasteiger partial charge is 0.337 e. The van der Waals surface area contributed by atoms with Gasteiger partial charge in [-0.2, -0.15) is 9.94 Å². The molecule has 9 heteroatoms. The van der Waals surface area contributed by atoms with E-state index < -0.39 is 11.4 Å². The van der Waals surface area contributed by atoms with Gasteiger partial charge in [0.2, 0.25) is 11.1 Å². The molecule has 1 N–H and O–H groups in total. The zero-order valence-electron chi connectivity index (χ0n) is 12.9. The maximum absolute atomic E-state index is 13.3. The molecule has 0 bridgehead atoms. The van der Waals surface area contributed by atoms with Crippen LogP contribution in [0, 0.1) is 23.1 Å². The van der Waals surface area contributed by atoms with Gasteiger partial charge in [0.1, 0.15) is 11.4 Å². The van der Waals surface area contributed by atoms with Crippen molar-refractivity contribution in [2.24, 2.45) is 5.92 Å². The lowest BCUT2D eigenvalue weighted by molar-refractivity contribution is -0.119. The van der Waals surface area contributed by atoms with E-state index in [1.807, 2.05) is 0 Å². The third-order valence-corrected chi connectivity index (χ3v) is 4.77. The van der Waals surface area contributed by atoms with Crippen LogP contribution in [0.1, 0.15) is 19.8 Å². The fourth-order valence-corrected chi connectivity index (χ4v) is 3.07. The molecule has 2 aromatic rings. The summed E-state index contributed by atoms with van der Waals surface area (Å²) in [6, 6.07) is 8.04. The molecule has 1 heterocycles. The highest BCUT2D eigenvalue weighted by Gasteiger charge is 2.42. The van der Waals surface area contributed by atoms with Crippen molar-refractivity contribution in [1.82, 2.24) is 25.5 Å². The second-order valence-corrected chi connectivity index (χ2v) is 6.72. The van der Waals surface area contributed by atoms with Gasteiger partial charge in [-0.15, -0.1) is 5.10 Å². The van der Waals surface area contributed by atoms with Crippen LogP contribution < -0.4 is 5.32 Å². The molecule has 1 aromatic heterocycles. The SMILES string of the molecule is C[C@](C#N)(NC(=O)CSc1nnnn1-c1cccc(F)c1)C1CC1. The highest BCUT2D eigenvalue weighted by molar-refractivity contribution is 7.99. The maximum Gasteiger partial charge on any atom is 0.231 e. The summed E-state index contributed by atoms with van der Waals surface area (Å²) in [5.41, 5.74) is -0.352. The second kappa shape index (κ2) is 6.57. The topological polar surface area (TPSA) is 96.5 Å². The smallest absolute Gasteiger partial charge is 0.231 e. The van der Waals surface area contributed by atoms with E-state index in [0.29, 0.717) is 10.8 Å². The Hall–Kier alpha value is -2.47. The quantitative estimate of drug-likeness (QED) is 0.800. The maximum atomic E-state index is 13.3. The minimum atomic E-state index is -0.827. The standard InChI is InChI=1S/C15H15FN6OS/c1-15(9-17,10-5-6-10)18-13(23)8-24-14-19-20-21-22(14)12-4-2-3-11(16)7-12/h2-4,7,10H,5-6,8H2,1H3,(H,18,23)/t15-/m1/s1. The van der Waals surface area contributed by atoms with E-state index in [0.717, 1.165) is 24.6 Å². The molecule has 1 aromatic carbocycles. The van der Waals surface area contributed by atoms with Crippen molar-refractivity contribution in [3.63, 3.8) is 0 Å². The summed E-state index contributed by atoms with van der Waals surface area (Å²) in [5.74, 6) is -0.371. The molecular formula is C15H15FN6OS. The Kier molecular flexibility index (Phi) is 4.49. The van der Waals surface area contributed by atoms with Crippen molar-refractivity contribution in [1.29, 1.82) is 5.26 Å². The Bertz CT molecular complexity index is 799. The van der Waals surface area contributed by atoms with Gasteiger partial charge in [0.25, 0.3) is 0 Å². The summed E-state index contributed by atoms with van der Waals surface area (Å²) in [5, 5.41) is 23.7. The van der Waals surface area contributed by atoms with E-state index in [1.165, 1.54) is 16.8 Å². The predicted molar refractivity (Wildman–Crippen MR) is 84.7 cm³/mol. The summed E-state index contributed by atoms with van der Waals surface area (Å²) in [4.78, 5) is 12.1. The van der Waals surface area contributed by atoms with E-state index in [2.05, 4.69) is 26.9 Å². The van der Waals surface area contributed by atoms with E-state index in [4.69, 9.17) is 0 Å². The third-order valence-electron chi connectivity index (χ3n) is 3.85. The number of nitriles is 1. The normalized spacial score (nSPS) is 16.2. The van der Waals surface area contributed by atoms with Crippen LogP contribution in [0.5, 0.6) is 0 Å². The number of thioether (sulfide) groups is 1. The number of carbonyl (C=O) groups is 1. The van der Waals surface area contributed by atoms with Crippen LogP contribution >= 0.6 is 11.8 Å². The number of carbonyl (C=O) groups excluding carboxylic acids is 1. The third kappa shape index (κ3) is 3.54. The molecule has 1 fully saturated rings. The lowest BCUT2D eigenvalue weighted by Crippen LogP contribution is -2.47. The number of halogens is 1. The first-order valence-electron chi connectivity index (χ1n) is 7.41. The summed E-state index contributed by atoms with van der Waals surface area (Å²) in [7, 11) is 0. The molecule has 0 aliphatic heterocycles. The van der Waals surface area contributed by atoms with Crippen molar-refractivity contribution in [2.45, 2.75) is 30.5 Å². The fourth-order valence-electron chi connectivity index (χ4n) is 2.38. The molecule has 3 rings (SSSR count). The first-order valence-corrected chi connectivity index (χ1v) is 8.40. The van der Waals surface area contributed by atoms with Gasteiger partial charge in [-0.1, -0.05) is 17.8 Å². The number of tetrazole rings is 1. The summed E-state index contributed by atoms with van der Waals surface area (Å²) < 4.78 is 14.7. The highest BCUT2D eigenvalue weighted by Crippen LogP contribution is 2.39. The molecule has 0 radical (unpaired) electrons. The molecular weight excluding hydrogens is 331 g/mol. The van der Waals surface area contributed by atoms with E-state index in [-0.39, 0.29) is 17.6 Å². The van der Waals surface area contributed by atoms with Gasteiger partial charge in [-0.05, 0) is 54.3 Å².